The lowest BCUT2D eigenvalue weighted by Crippen LogP contribution is -2.39. The Morgan fingerprint density at radius 1 is 0.722 bits per heavy atom. The van der Waals surface area contributed by atoms with Gasteiger partial charge in [-0.3, -0.25) is 0 Å². The average molecular weight is 308 g/mol. The van der Waals surface area contributed by atoms with E-state index in [1.807, 2.05) is 49.1 Å². The van der Waals surface area contributed by atoms with Crippen molar-refractivity contribution in [2.75, 3.05) is 0 Å². The van der Waals surface area contributed by atoms with Crippen LogP contribution in [0.5, 0.6) is 0 Å². The number of rotatable bonds is 1. The SMILES string of the molecule is S=C([S-])[n+]1ccc(-c2cc[n+](C(=S)[S-])cc2)cc1. The second-order valence-electron chi connectivity index (χ2n) is 3.52. The Hall–Kier alpha value is -1.08. The van der Waals surface area contributed by atoms with Gasteiger partial charge in [-0.05, 0) is 11.1 Å². The molecule has 0 aliphatic carbocycles. The predicted molar refractivity (Wildman–Crippen MR) is 83.0 cm³/mol. The van der Waals surface area contributed by atoms with E-state index in [4.69, 9.17) is 49.7 Å². The Balaban J connectivity index is 2.31. The summed E-state index contributed by atoms with van der Waals surface area (Å²) in [6, 6.07) is 7.85. The Morgan fingerprint density at radius 3 is 1.22 bits per heavy atom. The van der Waals surface area contributed by atoms with Crippen LogP contribution in [0.1, 0.15) is 0 Å². The van der Waals surface area contributed by atoms with Crippen molar-refractivity contribution in [3.63, 3.8) is 0 Å². The van der Waals surface area contributed by atoms with E-state index in [-0.39, 0.29) is 0 Å². The molecule has 2 heterocycles. The number of nitrogens with zero attached hydrogens (tertiary/aromatic N) is 2. The van der Waals surface area contributed by atoms with Crippen LogP contribution in [0.2, 0.25) is 0 Å². The van der Waals surface area contributed by atoms with Gasteiger partial charge in [0, 0.05) is 24.3 Å². The van der Waals surface area contributed by atoms with Crippen LogP contribution in [-0.4, -0.2) is 8.64 Å². The zero-order valence-corrected chi connectivity index (χ0v) is 12.4. The third-order valence-electron chi connectivity index (χ3n) is 2.41. The molecule has 0 fully saturated rings. The van der Waals surface area contributed by atoms with Crippen molar-refractivity contribution in [1.29, 1.82) is 0 Å². The van der Waals surface area contributed by atoms with Gasteiger partial charge in [0.2, 0.25) is 0 Å². The largest absolute Gasteiger partial charge is 0.358 e. The smallest absolute Gasteiger partial charge is 0.174 e. The molecule has 90 valence electrons. The Bertz CT molecular complexity index is 535. The van der Waals surface area contributed by atoms with Gasteiger partial charge in [-0.25, -0.2) is 0 Å². The van der Waals surface area contributed by atoms with E-state index in [2.05, 4.69) is 0 Å². The van der Waals surface area contributed by atoms with Crippen molar-refractivity contribution >= 4 is 58.3 Å². The molecular formula is C12H8N2S4. The standard InChI is InChI=1S/C12H8N2S4/c15-11(16)13-5-1-9(2-6-13)10-3-7-14(8-4-10)12(17)18/h1-8H. The molecule has 0 saturated heterocycles. The molecule has 18 heavy (non-hydrogen) atoms. The zero-order chi connectivity index (χ0) is 13.1. The molecule has 0 amide bonds. The first-order chi connectivity index (χ1) is 8.58. The van der Waals surface area contributed by atoms with Crippen molar-refractivity contribution in [2.45, 2.75) is 0 Å². The maximum atomic E-state index is 4.92. The van der Waals surface area contributed by atoms with Crippen LogP contribution in [0, 0.1) is 0 Å². The van der Waals surface area contributed by atoms with Crippen molar-refractivity contribution in [3.8, 4) is 11.1 Å². The summed E-state index contributed by atoms with van der Waals surface area (Å²) in [7, 11) is 0. The predicted octanol–water partition coefficient (Wildman–Crippen LogP) is 1.29. The summed E-state index contributed by atoms with van der Waals surface area (Å²) in [4.78, 5) is 0. The van der Waals surface area contributed by atoms with E-state index in [0.29, 0.717) is 8.64 Å². The van der Waals surface area contributed by atoms with Crippen molar-refractivity contribution < 1.29 is 9.13 Å². The topological polar surface area (TPSA) is 7.76 Å². The summed E-state index contributed by atoms with van der Waals surface area (Å²) in [5, 5.41) is 0. The highest BCUT2D eigenvalue weighted by Crippen LogP contribution is 2.15. The Labute approximate surface area is 127 Å². The first-order valence-corrected chi connectivity index (χ1v) is 6.67. The van der Waals surface area contributed by atoms with Crippen LogP contribution in [-0.2, 0) is 25.3 Å². The highest BCUT2D eigenvalue weighted by Gasteiger charge is 2.04. The van der Waals surface area contributed by atoms with Crippen LogP contribution in [0.25, 0.3) is 11.1 Å². The van der Waals surface area contributed by atoms with Gasteiger partial charge in [0.1, 0.15) is 8.64 Å². The first-order valence-electron chi connectivity index (χ1n) is 5.03. The second-order valence-corrected chi connectivity index (χ2v) is 5.58. The zero-order valence-electron chi connectivity index (χ0n) is 9.15. The lowest BCUT2D eigenvalue weighted by Gasteiger charge is -2.02. The van der Waals surface area contributed by atoms with Gasteiger partial charge in [-0.2, -0.15) is 9.13 Å². The lowest BCUT2D eigenvalue weighted by molar-refractivity contribution is -0.546. The van der Waals surface area contributed by atoms with Crippen LogP contribution >= 0.6 is 24.4 Å². The third kappa shape index (κ3) is 3.02. The molecule has 0 unspecified atom stereocenters. The number of hydrogen-bond acceptors (Lipinski definition) is 4. The first kappa shape index (κ1) is 13.4. The quantitative estimate of drug-likeness (QED) is 0.445. The van der Waals surface area contributed by atoms with Gasteiger partial charge < -0.3 is 49.7 Å². The van der Waals surface area contributed by atoms with Crippen LogP contribution < -0.4 is 9.13 Å². The average Bonchev–Trinajstić information content (AvgIpc) is 2.39. The van der Waals surface area contributed by atoms with E-state index < -0.39 is 0 Å². The highest BCUT2D eigenvalue weighted by molar-refractivity contribution is 7.99. The molecule has 2 aromatic heterocycles. The van der Waals surface area contributed by atoms with Crippen molar-refractivity contribution in [2.24, 2.45) is 0 Å². The molecule has 2 nitrogen and oxygen atoms in total. The van der Waals surface area contributed by atoms with Gasteiger partial charge in [0.05, 0.1) is 0 Å². The fraction of sp³-hybridized carbons (Fsp3) is 0. The lowest BCUT2D eigenvalue weighted by atomic mass is 10.1. The van der Waals surface area contributed by atoms with Crippen molar-refractivity contribution in [1.82, 2.24) is 0 Å². The summed E-state index contributed by atoms with van der Waals surface area (Å²) >= 11 is 19.7. The van der Waals surface area contributed by atoms with E-state index in [9.17, 15) is 0 Å². The van der Waals surface area contributed by atoms with Crippen LogP contribution in [0.4, 0.5) is 0 Å². The van der Waals surface area contributed by atoms with Crippen molar-refractivity contribution in [3.05, 3.63) is 49.1 Å². The molecule has 0 spiro atoms. The minimum absolute atomic E-state index is 0.406. The number of pyridine rings is 2. The maximum absolute atomic E-state index is 4.92. The molecule has 0 bridgehead atoms. The van der Waals surface area contributed by atoms with Gasteiger partial charge in [-0.1, -0.05) is 0 Å². The van der Waals surface area contributed by atoms with Gasteiger partial charge >= 0.3 is 0 Å². The minimum Gasteiger partial charge on any atom is -0.358 e. The molecule has 0 saturated carbocycles. The number of hydrogen-bond donors (Lipinski definition) is 0. The number of aromatic nitrogens is 2. The van der Waals surface area contributed by atoms with Crippen LogP contribution in [0.15, 0.2) is 49.1 Å². The fourth-order valence-corrected chi connectivity index (χ4v) is 1.97. The van der Waals surface area contributed by atoms with Gasteiger partial charge in [0.15, 0.2) is 24.8 Å². The Kier molecular flexibility index (Phi) is 4.23. The monoisotopic (exact) mass is 308 g/mol. The maximum Gasteiger partial charge on any atom is 0.174 e. The molecule has 0 aliphatic rings. The van der Waals surface area contributed by atoms with E-state index >= 15 is 0 Å². The molecule has 0 aliphatic heterocycles. The normalized spacial score (nSPS) is 10.0. The molecule has 6 heteroatoms. The fourth-order valence-electron chi connectivity index (χ4n) is 1.48. The molecule has 2 rings (SSSR count). The second kappa shape index (κ2) is 5.71. The molecule has 0 atom stereocenters. The van der Waals surface area contributed by atoms with E-state index in [0.717, 1.165) is 11.1 Å². The Morgan fingerprint density at radius 2 is 1.00 bits per heavy atom. The molecular weight excluding hydrogens is 300 g/mol. The van der Waals surface area contributed by atoms with E-state index in [1.165, 1.54) is 0 Å². The molecule has 0 aromatic carbocycles. The number of thiocarbonyl (C=S) groups is 2. The van der Waals surface area contributed by atoms with Gasteiger partial charge in [0.25, 0.3) is 0 Å². The van der Waals surface area contributed by atoms with Crippen LogP contribution in [0.3, 0.4) is 0 Å². The highest BCUT2D eigenvalue weighted by atomic mass is 32.1. The molecule has 0 radical (unpaired) electrons. The summed E-state index contributed by atoms with van der Waals surface area (Å²) in [5.41, 5.74) is 2.17. The molecule has 0 N–H and O–H groups in total. The summed E-state index contributed by atoms with van der Waals surface area (Å²) in [6.45, 7) is 0. The minimum atomic E-state index is 0.406. The van der Waals surface area contributed by atoms with E-state index in [1.54, 1.807) is 9.13 Å². The van der Waals surface area contributed by atoms with Gasteiger partial charge in [-0.15, -0.1) is 0 Å². The summed E-state index contributed by atoms with van der Waals surface area (Å²) in [6.07, 6.45) is 7.40. The molecule has 2 aromatic rings. The summed E-state index contributed by atoms with van der Waals surface area (Å²) < 4.78 is 4.25. The third-order valence-corrected chi connectivity index (χ3v) is 3.26. The summed E-state index contributed by atoms with van der Waals surface area (Å²) in [5.74, 6) is 0.